The number of hydrogen-bond acceptors (Lipinski definition) is 3. The van der Waals surface area contributed by atoms with Crippen LogP contribution in [0.5, 0.6) is 0 Å². The van der Waals surface area contributed by atoms with Crippen molar-refractivity contribution >= 4 is 10.9 Å². The Morgan fingerprint density at radius 1 is 1.25 bits per heavy atom. The van der Waals surface area contributed by atoms with Crippen molar-refractivity contribution in [2.75, 3.05) is 32.8 Å². The fourth-order valence-corrected chi connectivity index (χ4v) is 3.63. The van der Waals surface area contributed by atoms with Gasteiger partial charge in [0.25, 0.3) is 0 Å². The minimum atomic E-state index is 0.367. The second kappa shape index (κ2) is 6.42. The quantitative estimate of drug-likeness (QED) is 0.801. The lowest BCUT2D eigenvalue weighted by Crippen LogP contribution is -2.39. The van der Waals surface area contributed by atoms with Gasteiger partial charge in [-0.25, -0.2) is 4.98 Å². The summed E-state index contributed by atoms with van der Waals surface area (Å²) in [5.41, 5.74) is 4.79. The van der Waals surface area contributed by atoms with Gasteiger partial charge in [-0.1, -0.05) is 18.2 Å². The summed E-state index contributed by atoms with van der Waals surface area (Å²) in [5, 5.41) is 1.28. The number of para-hydroxylation sites is 1. The van der Waals surface area contributed by atoms with Crippen LogP contribution in [0.1, 0.15) is 18.5 Å². The van der Waals surface area contributed by atoms with Gasteiger partial charge in [-0.3, -0.25) is 4.90 Å². The van der Waals surface area contributed by atoms with Crippen molar-refractivity contribution in [2.24, 2.45) is 0 Å². The normalized spacial score (nSPS) is 17.4. The van der Waals surface area contributed by atoms with Gasteiger partial charge in [0, 0.05) is 36.6 Å². The first-order valence-corrected chi connectivity index (χ1v) is 8.63. The molecule has 1 unspecified atom stereocenters. The fourth-order valence-electron chi connectivity index (χ4n) is 3.63. The first-order valence-electron chi connectivity index (χ1n) is 8.63. The van der Waals surface area contributed by atoms with Crippen LogP contribution < -0.4 is 0 Å². The van der Waals surface area contributed by atoms with Gasteiger partial charge in [0.2, 0.25) is 0 Å². The van der Waals surface area contributed by atoms with Crippen molar-refractivity contribution in [3.8, 4) is 11.4 Å². The average Bonchev–Trinajstić information content (AvgIpc) is 3.21. The number of benzene rings is 1. The van der Waals surface area contributed by atoms with E-state index in [2.05, 4.69) is 57.5 Å². The summed E-state index contributed by atoms with van der Waals surface area (Å²) in [7, 11) is 0. The lowest BCUT2D eigenvalue weighted by atomic mass is 10.1. The minimum absolute atomic E-state index is 0.367. The number of H-pyrrole nitrogens is 1. The van der Waals surface area contributed by atoms with Gasteiger partial charge in [-0.15, -0.1) is 0 Å². The number of imidazole rings is 1. The molecule has 126 valence electrons. The fraction of sp³-hybridized carbons (Fsp3) is 0.421. The first kappa shape index (κ1) is 15.4. The largest absolute Gasteiger partial charge is 0.379 e. The third-order valence-electron chi connectivity index (χ3n) is 4.99. The van der Waals surface area contributed by atoms with Gasteiger partial charge in [0.05, 0.1) is 37.1 Å². The average molecular weight is 324 g/mol. The van der Waals surface area contributed by atoms with Crippen molar-refractivity contribution in [2.45, 2.75) is 19.9 Å². The van der Waals surface area contributed by atoms with E-state index in [-0.39, 0.29) is 0 Å². The minimum Gasteiger partial charge on any atom is -0.379 e. The number of ether oxygens (including phenoxy) is 1. The topological polar surface area (TPSA) is 46.1 Å². The Bertz CT molecular complexity index is 829. The molecule has 3 aromatic rings. The predicted octanol–water partition coefficient (Wildman–Crippen LogP) is 3.23. The van der Waals surface area contributed by atoms with Crippen LogP contribution in [0.3, 0.4) is 0 Å². The summed E-state index contributed by atoms with van der Waals surface area (Å²) in [6.45, 7) is 9.16. The van der Waals surface area contributed by atoms with Crippen LogP contribution in [0, 0.1) is 6.92 Å². The standard InChI is InChI=1S/C19H24N4O/c1-14(12-22-7-9-24-10-8-22)23-13-20-11-18(23)19-15(2)16-5-3-4-6-17(16)21-19/h3-6,11,13-14,21H,7-10,12H2,1-2H3. The second-order valence-electron chi connectivity index (χ2n) is 6.62. The number of nitrogens with zero attached hydrogens (tertiary/aromatic N) is 3. The molecule has 1 aliphatic rings. The van der Waals surface area contributed by atoms with Crippen molar-refractivity contribution in [3.63, 3.8) is 0 Å². The highest BCUT2D eigenvalue weighted by molar-refractivity contribution is 5.89. The molecule has 1 N–H and O–H groups in total. The number of hydrogen-bond donors (Lipinski definition) is 1. The van der Waals surface area contributed by atoms with Crippen LogP contribution >= 0.6 is 0 Å². The summed E-state index contributed by atoms with van der Waals surface area (Å²) in [6, 6.07) is 8.82. The smallest absolute Gasteiger partial charge is 0.0954 e. The maximum atomic E-state index is 5.45. The summed E-state index contributed by atoms with van der Waals surface area (Å²) in [4.78, 5) is 10.5. The molecule has 5 heteroatoms. The summed E-state index contributed by atoms with van der Waals surface area (Å²) in [6.07, 6.45) is 3.92. The highest BCUT2D eigenvalue weighted by Crippen LogP contribution is 2.30. The lowest BCUT2D eigenvalue weighted by Gasteiger charge is -2.30. The summed E-state index contributed by atoms with van der Waals surface area (Å²) in [5.74, 6) is 0. The van der Waals surface area contributed by atoms with Crippen LogP contribution in [-0.2, 0) is 4.74 Å². The van der Waals surface area contributed by atoms with Gasteiger partial charge in [-0.05, 0) is 25.5 Å². The third-order valence-corrected chi connectivity index (χ3v) is 4.99. The maximum absolute atomic E-state index is 5.45. The monoisotopic (exact) mass is 324 g/mol. The number of nitrogens with one attached hydrogen (secondary N) is 1. The highest BCUT2D eigenvalue weighted by Gasteiger charge is 2.19. The van der Waals surface area contributed by atoms with Crippen molar-refractivity contribution in [1.29, 1.82) is 0 Å². The molecule has 0 saturated carbocycles. The van der Waals surface area contributed by atoms with Gasteiger partial charge >= 0.3 is 0 Å². The number of aromatic amines is 1. The van der Waals surface area contributed by atoms with Gasteiger partial charge in [0.1, 0.15) is 0 Å². The molecule has 5 nitrogen and oxygen atoms in total. The van der Waals surface area contributed by atoms with Gasteiger partial charge < -0.3 is 14.3 Å². The molecule has 1 fully saturated rings. The van der Waals surface area contributed by atoms with Crippen LogP contribution in [0.4, 0.5) is 0 Å². The van der Waals surface area contributed by atoms with Gasteiger partial charge in [-0.2, -0.15) is 0 Å². The van der Waals surface area contributed by atoms with Crippen molar-refractivity contribution < 1.29 is 4.74 Å². The molecule has 4 rings (SSSR count). The highest BCUT2D eigenvalue weighted by atomic mass is 16.5. The van der Waals surface area contributed by atoms with E-state index in [1.807, 2.05) is 12.5 Å². The number of aryl methyl sites for hydroxylation is 1. The molecule has 2 aromatic heterocycles. The molecule has 3 heterocycles. The molecule has 0 amide bonds. The van der Waals surface area contributed by atoms with Crippen LogP contribution in [0.15, 0.2) is 36.8 Å². The second-order valence-corrected chi connectivity index (χ2v) is 6.62. The molecule has 1 aromatic carbocycles. The molecule has 1 saturated heterocycles. The van der Waals surface area contributed by atoms with E-state index < -0.39 is 0 Å². The Kier molecular flexibility index (Phi) is 4.12. The first-order chi connectivity index (χ1) is 11.7. The third kappa shape index (κ3) is 2.74. The Balaban J connectivity index is 1.64. The Hall–Kier alpha value is -2.11. The molecule has 1 aliphatic heterocycles. The van der Waals surface area contributed by atoms with Crippen LogP contribution in [0.25, 0.3) is 22.3 Å². The zero-order valence-electron chi connectivity index (χ0n) is 14.3. The maximum Gasteiger partial charge on any atom is 0.0954 e. The zero-order chi connectivity index (χ0) is 16.5. The Morgan fingerprint density at radius 2 is 2.04 bits per heavy atom. The molecule has 0 radical (unpaired) electrons. The number of morpholine rings is 1. The number of fused-ring (bicyclic) bond motifs is 1. The molecular formula is C19H24N4O. The number of rotatable bonds is 4. The van der Waals surface area contributed by atoms with E-state index in [0.29, 0.717) is 6.04 Å². The number of aromatic nitrogens is 3. The Morgan fingerprint density at radius 3 is 2.83 bits per heavy atom. The Labute approximate surface area is 142 Å². The van der Waals surface area contributed by atoms with Crippen LogP contribution in [0.2, 0.25) is 0 Å². The van der Waals surface area contributed by atoms with E-state index in [4.69, 9.17) is 4.74 Å². The van der Waals surface area contributed by atoms with E-state index in [9.17, 15) is 0 Å². The van der Waals surface area contributed by atoms with E-state index in [1.54, 1.807) is 0 Å². The van der Waals surface area contributed by atoms with Crippen molar-refractivity contribution in [1.82, 2.24) is 19.4 Å². The van der Waals surface area contributed by atoms with Crippen molar-refractivity contribution in [3.05, 3.63) is 42.4 Å². The lowest BCUT2D eigenvalue weighted by molar-refractivity contribution is 0.0326. The summed E-state index contributed by atoms with van der Waals surface area (Å²) >= 11 is 0. The van der Waals surface area contributed by atoms with Crippen LogP contribution in [-0.4, -0.2) is 52.3 Å². The van der Waals surface area contributed by atoms with E-state index >= 15 is 0 Å². The van der Waals surface area contributed by atoms with E-state index in [1.165, 1.54) is 22.2 Å². The molecule has 0 spiro atoms. The predicted molar refractivity (Wildman–Crippen MR) is 96.2 cm³/mol. The van der Waals surface area contributed by atoms with Gasteiger partial charge in [0.15, 0.2) is 0 Å². The zero-order valence-corrected chi connectivity index (χ0v) is 14.3. The van der Waals surface area contributed by atoms with E-state index in [0.717, 1.165) is 38.5 Å². The molecule has 1 atom stereocenters. The summed E-state index contributed by atoms with van der Waals surface area (Å²) < 4.78 is 7.73. The SMILES string of the molecule is Cc1c(-c2cncn2C(C)CN2CCOCC2)[nH]c2ccccc12. The molecule has 0 aliphatic carbocycles. The molecule has 0 bridgehead atoms. The molecule has 24 heavy (non-hydrogen) atoms. The molecular weight excluding hydrogens is 300 g/mol.